The van der Waals surface area contributed by atoms with Crippen molar-refractivity contribution in [3.8, 4) is 11.6 Å². The molecule has 12 nitrogen and oxygen atoms in total. The molecule has 0 aliphatic carbocycles. The number of aryl methyl sites for hydroxylation is 1. The summed E-state index contributed by atoms with van der Waals surface area (Å²) in [5.74, 6) is -1.67. The summed E-state index contributed by atoms with van der Waals surface area (Å²) in [6.07, 6.45) is 6.29. The van der Waals surface area contributed by atoms with Crippen LogP contribution in [0.4, 0.5) is 0 Å². The van der Waals surface area contributed by atoms with E-state index in [2.05, 4.69) is 15.0 Å². The van der Waals surface area contributed by atoms with Gasteiger partial charge in [-0.05, 0) is 12.1 Å². The molecule has 2 amide bonds. The number of rotatable bonds is 8. The first-order chi connectivity index (χ1) is 18.9. The van der Waals surface area contributed by atoms with Crippen molar-refractivity contribution in [3.63, 3.8) is 0 Å². The molecule has 4 heterocycles. The molecule has 1 fully saturated rings. The van der Waals surface area contributed by atoms with Gasteiger partial charge in [0, 0.05) is 50.6 Å². The lowest BCUT2D eigenvalue weighted by atomic mass is 10.1. The van der Waals surface area contributed by atoms with E-state index in [0.29, 0.717) is 46.8 Å². The molecule has 5 rings (SSSR count). The van der Waals surface area contributed by atoms with E-state index in [1.54, 1.807) is 39.9 Å². The number of aliphatic carboxylic acids is 1. The van der Waals surface area contributed by atoms with Crippen LogP contribution in [-0.4, -0.2) is 91.3 Å². The second-order valence-electron chi connectivity index (χ2n) is 9.05. The van der Waals surface area contributed by atoms with Crippen molar-refractivity contribution in [2.75, 3.05) is 33.3 Å². The number of methoxy groups -OCH3 is 1. The van der Waals surface area contributed by atoms with Gasteiger partial charge in [-0.2, -0.15) is 0 Å². The van der Waals surface area contributed by atoms with Crippen LogP contribution in [0.5, 0.6) is 5.75 Å². The molecule has 0 radical (unpaired) electrons. The maximum atomic E-state index is 13.4. The number of nitrogens with one attached hydrogen (secondary N) is 1. The van der Waals surface area contributed by atoms with Crippen molar-refractivity contribution >= 4 is 34.5 Å². The predicted octanol–water partition coefficient (Wildman–Crippen LogP) is 1.94. The van der Waals surface area contributed by atoms with Gasteiger partial charge in [0.2, 0.25) is 0 Å². The number of amides is 2. The molecule has 1 aliphatic rings. The average Bonchev–Trinajstić information content (AvgIpc) is 3.63. The number of carboxylic acids is 1. The molecule has 1 aliphatic heterocycles. The number of H-pyrrole nitrogens is 1. The second-order valence-corrected chi connectivity index (χ2v) is 9.05. The summed E-state index contributed by atoms with van der Waals surface area (Å²) >= 11 is 0. The molecule has 0 atom stereocenters. The fraction of sp³-hybridized carbons (Fsp3) is 0.259. The minimum Gasteiger partial charge on any atom is -0.494 e. The van der Waals surface area contributed by atoms with Crippen LogP contribution in [0.2, 0.25) is 0 Å². The highest BCUT2D eigenvalue weighted by molar-refractivity contribution is 6.45. The van der Waals surface area contributed by atoms with Crippen LogP contribution in [0.15, 0.2) is 55.2 Å². The maximum Gasteiger partial charge on any atom is 0.303 e. The lowest BCUT2D eigenvalue weighted by Gasteiger charge is -2.34. The molecule has 0 saturated carbocycles. The first kappa shape index (κ1) is 25.6. The molecule has 0 spiro atoms. The Balaban J connectivity index is 1.35. The first-order valence-electron chi connectivity index (χ1n) is 12.3. The number of ether oxygens (including phenoxy) is 1. The standard InChI is InChI=1S/C27H26N6O6/c1-39-20-14-29-25(33-15-18(30-16-33)7-8-21(34)35)23-22(20)19(13-28-23)24(36)27(38)32-11-9-31(10-12-32)26(37)17-5-3-2-4-6-17/h2-6,13-16,28H,7-12H2,1H3,(H,34,35). The summed E-state index contributed by atoms with van der Waals surface area (Å²) in [6, 6.07) is 8.93. The van der Waals surface area contributed by atoms with E-state index in [0.717, 1.165) is 0 Å². The van der Waals surface area contributed by atoms with Gasteiger partial charge in [0.25, 0.3) is 17.6 Å². The number of ketones is 1. The zero-order valence-corrected chi connectivity index (χ0v) is 21.2. The van der Waals surface area contributed by atoms with Crippen LogP contribution in [0, 0.1) is 0 Å². The molecular formula is C27H26N6O6. The molecule has 1 aromatic carbocycles. The number of aromatic nitrogens is 4. The highest BCUT2D eigenvalue weighted by atomic mass is 16.5. The van der Waals surface area contributed by atoms with Crippen LogP contribution in [0.25, 0.3) is 16.7 Å². The Morgan fingerprint density at radius 2 is 1.74 bits per heavy atom. The summed E-state index contributed by atoms with van der Waals surface area (Å²) < 4.78 is 7.07. The van der Waals surface area contributed by atoms with Crippen LogP contribution in [0.1, 0.15) is 32.8 Å². The number of aromatic amines is 1. The van der Waals surface area contributed by atoms with Gasteiger partial charge in [0.05, 0.1) is 41.9 Å². The SMILES string of the molecule is COc1cnc(-n2cnc(CCC(=O)O)c2)c2[nH]cc(C(=O)C(=O)N3CCN(C(=O)c4ccccc4)CC3)c12. The fourth-order valence-corrected chi connectivity index (χ4v) is 4.61. The van der Waals surface area contributed by atoms with Gasteiger partial charge < -0.3 is 24.6 Å². The van der Waals surface area contributed by atoms with Gasteiger partial charge in [-0.15, -0.1) is 0 Å². The number of piperazine rings is 1. The van der Waals surface area contributed by atoms with E-state index >= 15 is 0 Å². The molecule has 4 aromatic rings. The lowest BCUT2D eigenvalue weighted by molar-refractivity contribution is -0.137. The first-order valence-corrected chi connectivity index (χ1v) is 12.3. The zero-order chi connectivity index (χ0) is 27.5. The van der Waals surface area contributed by atoms with Crippen molar-refractivity contribution < 1.29 is 29.0 Å². The topological polar surface area (TPSA) is 151 Å². The Bertz CT molecular complexity index is 1550. The minimum atomic E-state index is -0.920. The summed E-state index contributed by atoms with van der Waals surface area (Å²) in [6.45, 7) is 1.12. The molecule has 1 saturated heterocycles. The van der Waals surface area contributed by atoms with Crippen LogP contribution in [0.3, 0.4) is 0 Å². The third kappa shape index (κ3) is 5.08. The molecule has 2 N–H and O–H groups in total. The monoisotopic (exact) mass is 530 g/mol. The Labute approximate surface area is 222 Å². The number of nitrogens with zero attached hydrogens (tertiary/aromatic N) is 5. The van der Waals surface area contributed by atoms with E-state index in [9.17, 15) is 19.2 Å². The Morgan fingerprint density at radius 3 is 2.44 bits per heavy atom. The number of carbonyl (C=O) groups excluding carboxylic acids is 3. The highest BCUT2D eigenvalue weighted by Gasteiger charge is 2.31. The van der Waals surface area contributed by atoms with Gasteiger partial charge in [-0.25, -0.2) is 9.97 Å². The van der Waals surface area contributed by atoms with E-state index in [-0.39, 0.29) is 37.4 Å². The third-order valence-electron chi connectivity index (χ3n) is 6.66. The Morgan fingerprint density at radius 1 is 1.03 bits per heavy atom. The number of carbonyl (C=O) groups is 4. The molecule has 39 heavy (non-hydrogen) atoms. The van der Waals surface area contributed by atoms with Gasteiger partial charge in [-0.3, -0.25) is 23.7 Å². The normalized spacial score (nSPS) is 13.5. The van der Waals surface area contributed by atoms with Crippen LogP contribution >= 0.6 is 0 Å². The molecule has 0 bridgehead atoms. The number of fused-ring (bicyclic) bond motifs is 1. The lowest BCUT2D eigenvalue weighted by Crippen LogP contribution is -2.52. The smallest absolute Gasteiger partial charge is 0.303 e. The van der Waals surface area contributed by atoms with Crippen molar-refractivity contribution in [1.29, 1.82) is 0 Å². The number of hydrogen-bond donors (Lipinski definition) is 2. The maximum absolute atomic E-state index is 13.4. The van der Waals surface area contributed by atoms with E-state index < -0.39 is 17.7 Å². The number of imidazole rings is 1. The average molecular weight is 531 g/mol. The van der Waals surface area contributed by atoms with Crippen molar-refractivity contribution in [2.45, 2.75) is 12.8 Å². The third-order valence-corrected chi connectivity index (χ3v) is 6.66. The van der Waals surface area contributed by atoms with Gasteiger partial charge in [-0.1, -0.05) is 18.2 Å². The number of carboxylic acid groups (broad SMARTS) is 1. The minimum absolute atomic E-state index is 0.0552. The highest BCUT2D eigenvalue weighted by Crippen LogP contribution is 2.32. The largest absolute Gasteiger partial charge is 0.494 e. The van der Waals surface area contributed by atoms with Gasteiger partial charge in [0.15, 0.2) is 5.82 Å². The van der Waals surface area contributed by atoms with Crippen molar-refractivity contribution in [1.82, 2.24) is 29.3 Å². The number of pyridine rings is 1. The molecule has 12 heteroatoms. The summed E-state index contributed by atoms with van der Waals surface area (Å²) in [5.41, 5.74) is 1.76. The molecule has 0 unspecified atom stereocenters. The van der Waals surface area contributed by atoms with Gasteiger partial charge >= 0.3 is 5.97 Å². The number of Topliss-reactive ketones (excluding diaryl/α,β-unsaturated/α-hetero) is 1. The Kier molecular flexibility index (Phi) is 7.08. The van der Waals surface area contributed by atoms with Crippen LogP contribution in [-0.2, 0) is 16.0 Å². The molecular weight excluding hydrogens is 504 g/mol. The van der Waals surface area contributed by atoms with Gasteiger partial charge in [0.1, 0.15) is 12.1 Å². The van der Waals surface area contributed by atoms with E-state index in [4.69, 9.17) is 9.84 Å². The van der Waals surface area contributed by atoms with Crippen molar-refractivity contribution in [3.05, 3.63) is 72.1 Å². The number of benzene rings is 1. The van der Waals surface area contributed by atoms with E-state index in [1.165, 1.54) is 30.7 Å². The summed E-state index contributed by atoms with van der Waals surface area (Å²) in [4.78, 5) is 65.0. The molecule has 3 aromatic heterocycles. The number of hydrogen-bond acceptors (Lipinski definition) is 7. The van der Waals surface area contributed by atoms with E-state index in [1.807, 2.05) is 6.07 Å². The Hall–Kier alpha value is -5.00. The quantitative estimate of drug-likeness (QED) is 0.259. The zero-order valence-electron chi connectivity index (χ0n) is 21.2. The summed E-state index contributed by atoms with van der Waals surface area (Å²) in [7, 11) is 1.45. The second kappa shape index (κ2) is 10.8. The summed E-state index contributed by atoms with van der Waals surface area (Å²) in [5, 5.41) is 9.33. The molecule has 200 valence electrons. The van der Waals surface area contributed by atoms with Crippen LogP contribution < -0.4 is 4.74 Å². The van der Waals surface area contributed by atoms with Crippen molar-refractivity contribution in [2.24, 2.45) is 0 Å². The predicted molar refractivity (Wildman–Crippen MR) is 139 cm³/mol. The fourth-order valence-electron chi connectivity index (χ4n) is 4.61.